The Morgan fingerprint density at radius 3 is 3.08 bits per heavy atom. The van der Waals surface area contributed by atoms with Crippen molar-refractivity contribution in [2.24, 2.45) is 0 Å². The molecule has 0 aromatic carbocycles. The standard InChI is InChI=1S/C10H14N2/c1-7-4-9-10(11-5-7)8(2)6-12(9)3/h4-5,8H,6H2,1-3H3. The molecule has 1 atom stereocenters. The molecule has 1 aromatic heterocycles. The van der Waals surface area contributed by atoms with Gasteiger partial charge in [0.2, 0.25) is 0 Å². The third kappa shape index (κ3) is 0.986. The van der Waals surface area contributed by atoms with Crippen LogP contribution in [0.3, 0.4) is 0 Å². The summed E-state index contributed by atoms with van der Waals surface area (Å²) in [6, 6.07) is 2.21. The highest BCUT2D eigenvalue weighted by Crippen LogP contribution is 2.33. The maximum atomic E-state index is 4.45. The minimum atomic E-state index is 0.589. The monoisotopic (exact) mass is 162 g/mol. The molecule has 1 aliphatic rings. The Bertz CT molecular complexity index is 307. The Morgan fingerprint density at radius 1 is 1.58 bits per heavy atom. The smallest absolute Gasteiger partial charge is 0.0682 e. The van der Waals surface area contributed by atoms with Crippen LogP contribution in [0.2, 0.25) is 0 Å². The average molecular weight is 162 g/mol. The minimum Gasteiger partial charge on any atom is -0.372 e. The van der Waals surface area contributed by atoms with E-state index < -0.39 is 0 Å². The van der Waals surface area contributed by atoms with Crippen molar-refractivity contribution in [3.8, 4) is 0 Å². The van der Waals surface area contributed by atoms with Crippen molar-refractivity contribution in [1.82, 2.24) is 4.98 Å². The number of aryl methyl sites for hydroxylation is 1. The summed E-state index contributed by atoms with van der Waals surface area (Å²) in [5, 5.41) is 0. The zero-order valence-electron chi connectivity index (χ0n) is 7.83. The maximum Gasteiger partial charge on any atom is 0.0682 e. The molecule has 2 heterocycles. The molecule has 12 heavy (non-hydrogen) atoms. The molecule has 2 nitrogen and oxygen atoms in total. The molecular weight excluding hydrogens is 148 g/mol. The molecule has 2 heteroatoms. The third-order valence-corrected chi connectivity index (χ3v) is 2.46. The molecule has 2 rings (SSSR count). The summed E-state index contributed by atoms with van der Waals surface area (Å²) in [7, 11) is 2.13. The lowest BCUT2D eigenvalue weighted by Crippen LogP contribution is -2.13. The number of hydrogen-bond acceptors (Lipinski definition) is 2. The molecule has 1 aromatic rings. The van der Waals surface area contributed by atoms with Crippen LogP contribution in [-0.2, 0) is 0 Å². The van der Waals surface area contributed by atoms with Gasteiger partial charge in [0, 0.05) is 25.7 Å². The summed E-state index contributed by atoms with van der Waals surface area (Å²) >= 11 is 0. The van der Waals surface area contributed by atoms with Crippen molar-refractivity contribution < 1.29 is 0 Å². The highest BCUT2D eigenvalue weighted by atomic mass is 15.1. The fraction of sp³-hybridized carbons (Fsp3) is 0.500. The van der Waals surface area contributed by atoms with E-state index in [0.717, 1.165) is 6.54 Å². The van der Waals surface area contributed by atoms with Crippen LogP contribution >= 0.6 is 0 Å². The maximum absolute atomic E-state index is 4.45. The first kappa shape index (κ1) is 7.59. The van der Waals surface area contributed by atoms with Gasteiger partial charge in [-0.15, -0.1) is 0 Å². The van der Waals surface area contributed by atoms with Crippen molar-refractivity contribution >= 4 is 5.69 Å². The van der Waals surface area contributed by atoms with Crippen LogP contribution in [0.1, 0.15) is 24.1 Å². The van der Waals surface area contributed by atoms with E-state index >= 15 is 0 Å². The number of anilines is 1. The van der Waals surface area contributed by atoms with E-state index in [1.807, 2.05) is 6.20 Å². The number of likely N-dealkylation sites (N-methyl/N-ethyl adjacent to an activating group) is 1. The molecule has 1 aliphatic heterocycles. The second kappa shape index (κ2) is 2.47. The fourth-order valence-electron chi connectivity index (χ4n) is 1.85. The topological polar surface area (TPSA) is 16.1 Å². The van der Waals surface area contributed by atoms with E-state index in [4.69, 9.17) is 0 Å². The van der Waals surface area contributed by atoms with Crippen LogP contribution in [0.4, 0.5) is 5.69 Å². The van der Waals surface area contributed by atoms with Crippen molar-refractivity contribution in [1.29, 1.82) is 0 Å². The number of fused-ring (bicyclic) bond motifs is 1. The molecule has 0 fully saturated rings. The average Bonchev–Trinajstić information content (AvgIpc) is 2.28. The normalized spacial score (nSPS) is 21.2. The van der Waals surface area contributed by atoms with E-state index in [1.165, 1.54) is 16.9 Å². The van der Waals surface area contributed by atoms with Gasteiger partial charge in [-0.2, -0.15) is 0 Å². The third-order valence-electron chi connectivity index (χ3n) is 2.46. The van der Waals surface area contributed by atoms with Crippen LogP contribution in [0.25, 0.3) is 0 Å². The molecule has 0 spiro atoms. The second-order valence-electron chi connectivity index (χ2n) is 3.70. The summed E-state index contributed by atoms with van der Waals surface area (Å²) in [6.07, 6.45) is 1.95. The SMILES string of the molecule is Cc1cnc2c(c1)N(C)CC2C. The lowest BCUT2D eigenvalue weighted by Gasteiger charge is -2.11. The number of aromatic nitrogens is 1. The van der Waals surface area contributed by atoms with Gasteiger partial charge in [0.25, 0.3) is 0 Å². The van der Waals surface area contributed by atoms with E-state index in [1.54, 1.807) is 0 Å². The van der Waals surface area contributed by atoms with Crippen molar-refractivity contribution in [3.63, 3.8) is 0 Å². The summed E-state index contributed by atoms with van der Waals surface area (Å²) in [4.78, 5) is 6.73. The van der Waals surface area contributed by atoms with Crippen LogP contribution in [0.15, 0.2) is 12.3 Å². The zero-order chi connectivity index (χ0) is 8.72. The Morgan fingerprint density at radius 2 is 2.33 bits per heavy atom. The molecule has 1 unspecified atom stereocenters. The van der Waals surface area contributed by atoms with Crippen molar-refractivity contribution in [2.45, 2.75) is 19.8 Å². The first-order valence-corrected chi connectivity index (χ1v) is 4.36. The van der Waals surface area contributed by atoms with Gasteiger partial charge in [-0.25, -0.2) is 0 Å². The Hall–Kier alpha value is -1.05. The van der Waals surface area contributed by atoms with E-state index in [2.05, 4.69) is 36.8 Å². The van der Waals surface area contributed by atoms with Crippen LogP contribution in [0.5, 0.6) is 0 Å². The highest BCUT2D eigenvalue weighted by molar-refractivity contribution is 5.57. The van der Waals surface area contributed by atoms with E-state index in [9.17, 15) is 0 Å². The summed E-state index contributed by atoms with van der Waals surface area (Å²) in [5.74, 6) is 0.589. The summed E-state index contributed by atoms with van der Waals surface area (Å²) < 4.78 is 0. The predicted octanol–water partition coefficient (Wildman–Crippen LogP) is 1.94. The molecule has 0 N–H and O–H groups in total. The first-order chi connectivity index (χ1) is 5.68. The predicted molar refractivity (Wildman–Crippen MR) is 50.7 cm³/mol. The molecule has 0 saturated carbocycles. The van der Waals surface area contributed by atoms with E-state index in [-0.39, 0.29) is 0 Å². The van der Waals surface area contributed by atoms with Crippen molar-refractivity contribution in [2.75, 3.05) is 18.5 Å². The largest absolute Gasteiger partial charge is 0.372 e. The van der Waals surface area contributed by atoms with Gasteiger partial charge >= 0.3 is 0 Å². The van der Waals surface area contributed by atoms with Crippen LogP contribution in [0, 0.1) is 6.92 Å². The Balaban J connectivity index is 2.53. The van der Waals surface area contributed by atoms with Gasteiger partial charge in [0.05, 0.1) is 11.4 Å². The van der Waals surface area contributed by atoms with Gasteiger partial charge < -0.3 is 4.90 Å². The molecule has 0 bridgehead atoms. The van der Waals surface area contributed by atoms with E-state index in [0.29, 0.717) is 5.92 Å². The lowest BCUT2D eigenvalue weighted by molar-refractivity contribution is 0.777. The zero-order valence-corrected chi connectivity index (χ0v) is 7.83. The quantitative estimate of drug-likeness (QED) is 0.579. The molecule has 64 valence electrons. The number of nitrogens with zero attached hydrogens (tertiary/aromatic N) is 2. The lowest BCUT2D eigenvalue weighted by atomic mass is 10.1. The molecular formula is C10H14N2. The molecule has 0 aliphatic carbocycles. The second-order valence-corrected chi connectivity index (χ2v) is 3.70. The number of rotatable bonds is 0. The van der Waals surface area contributed by atoms with Gasteiger partial charge in [0.15, 0.2) is 0 Å². The van der Waals surface area contributed by atoms with Gasteiger partial charge in [-0.05, 0) is 18.6 Å². The van der Waals surface area contributed by atoms with Gasteiger partial charge in [0.1, 0.15) is 0 Å². The number of hydrogen-bond donors (Lipinski definition) is 0. The minimum absolute atomic E-state index is 0.589. The van der Waals surface area contributed by atoms with Gasteiger partial charge in [-0.1, -0.05) is 6.92 Å². The van der Waals surface area contributed by atoms with Crippen LogP contribution in [-0.4, -0.2) is 18.6 Å². The van der Waals surface area contributed by atoms with Crippen LogP contribution < -0.4 is 4.90 Å². The first-order valence-electron chi connectivity index (χ1n) is 4.36. The Kier molecular flexibility index (Phi) is 1.56. The molecule has 0 saturated heterocycles. The van der Waals surface area contributed by atoms with Crippen molar-refractivity contribution in [3.05, 3.63) is 23.5 Å². The molecule has 0 amide bonds. The van der Waals surface area contributed by atoms with Gasteiger partial charge in [-0.3, -0.25) is 4.98 Å². The highest BCUT2D eigenvalue weighted by Gasteiger charge is 2.23. The Labute approximate surface area is 73.2 Å². The summed E-state index contributed by atoms with van der Waals surface area (Å²) in [6.45, 7) is 5.42. The number of pyridine rings is 1. The summed E-state index contributed by atoms with van der Waals surface area (Å²) in [5.41, 5.74) is 3.81. The fourth-order valence-corrected chi connectivity index (χ4v) is 1.85. The molecule has 0 radical (unpaired) electrons.